The molecule has 102 valence electrons. The molecule has 0 spiro atoms. The lowest BCUT2D eigenvalue weighted by Gasteiger charge is -2.05. The van der Waals surface area contributed by atoms with Crippen LogP contribution in [0.25, 0.3) is 0 Å². The van der Waals surface area contributed by atoms with E-state index in [-0.39, 0.29) is 5.56 Å². The molecule has 2 aromatic heterocycles. The van der Waals surface area contributed by atoms with Gasteiger partial charge in [0.25, 0.3) is 0 Å². The summed E-state index contributed by atoms with van der Waals surface area (Å²) in [6.07, 6.45) is 2.44. The maximum Gasteiger partial charge on any atom is 0.339 e. The summed E-state index contributed by atoms with van der Waals surface area (Å²) in [6, 6.07) is 4.24. The molecule has 2 N–H and O–H groups in total. The van der Waals surface area contributed by atoms with Crippen molar-refractivity contribution >= 4 is 17.3 Å². The Hall–Kier alpha value is -1.66. The highest BCUT2D eigenvalue weighted by Crippen LogP contribution is 2.16. The largest absolute Gasteiger partial charge is 0.478 e. The van der Waals surface area contributed by atoms with Gasteiger partial charge < -0.3 is 10.4 Å². The highest BCUT2D eigenvalue weighted by Gasteiger charge is 2.14. The number of nitrogens with zero attached hydrogens (tertiary/aromatic N) is 2. The molecule has 0 aliphatic carbocycles. The van der Waals surface area contributed by atoms with Crippen molar-refractivity contribution in [3.05, 3.63) is 39.3 Å². The Kier molecular flexibility index (Phi) is 4.34. The third-order valence-electron chi connectivity index (χ3n) is 2.95. The van der Waals surface area contributed by atoms with E-state index in [0.29, 0.717) is 12.2 Å². The van der Waals surface area contributed by atoms with Crippen molar-refractivity contribution in [3.63, 3.8) is 0 Å². The Labute approximate surface area is 115 Å². The first-order chi connectivity index (χ1) is 9.11. The van der Waals surface area contributed by atoms with Gasteiger partial charge in [-0.05, 0) is 18.6 Å². The zero-order valence-electron chi connectivity index (χ0n) is 11.0. The Bertz CT molecular complexity index is 574. The van der Waals surface area contributed by atoms with E-state index in [1.165, 1.54) is 16.0 Å². The molecule has 0 fully saturated rings. The Morgan fingerprint density at radius 2 is 2.16 bits per heavy atom. The molecule has 2 rings (SSSR count). The number of carbonyl (C=O) groups is 1. The number of nitrogens with one attached hydrogen (secondary N) is 1. The minimum Gasteiger partial charge on any atom is -0.478 e. The van der Waals surface area contributed by atoms with Crippen molar-refractivity contribution in [2.45, 2.75) is 26.4 Å². The van der Waals surface area contributed by atoms with Crippen molar-refractivity contribution < 1.29 is 9.90 Å². The lowest BCUT2D eigenvalue weighted by molar-refractivity contribution is 0.0695. The highest BCUT2D eigenvalue weighted by molar-refractivity contribution is 7.11. The molecule has 19 heavy (non-hydrogen) atoms. The standard InChI is InChI=1S/C13H17N3O2S/c1-3-9-4-5-10(19-9)6-14-8-12-11(13(17)18)7-15-16(12)2/h4-5,7,14H,3,6,8H2,1-2H3,(H,17,18). The van der Waals surface area contributed by atoms with E-state index in [9.17, 15) is 4.79 Å². The van der Waals surface area contributed by atoms with Crippen LogP contribution in [0.5, 0.6) is 0 Å². The summed E-state index contributed by atoms with van der Waals surface area (Å²) in [4.78, 5) is 13.7. The Morgan fingerprint density at radius 1 is 1.42 bits per heavy atom. The number of hydrogen-bond donors (Lipinski definition) is 2. The quantitative estimate of drug-likeness (QED) is 0.849. The van der Waals surface area contributed by atoms with Crippen molar-refractivity contribution in [2.75, 3.05) is 0 Å². The van der Waals surface area contributed by atoms with E-state index >= 15 is 0 Å². The van der Waals surface area contributed by atoms with E-state index in [1.807, 2.05) is 0 Å². The fourth-order valence-electron chi connectivity index (χ4n) is 1.86. The zero-order valence-corrected chi connectivity index (χ0v) is 11.8. The van der Waals surface area contributed by atoms with Gasteiger partial charge in [0.1, 0.15) is 5.56 Å². The fourth-order valence-corrected chi connectivity index (χ4v) is 2.79. The van der Waals surface area contributed by atoms with Gasteiger partial charge in [-0.25, -0.2) is 4.79 Å². The topological polar surface area (TPSA) is 67.2 Å². The summed E-state index contributed by atoms with van der Waals surface area (Å²) in [7, 11) is 1.75. The van der Waals surface area contributed by atoms with Crippen LogP contribution >= 0.6 is 11.3 Å². The van der Waals surface area contributed by atoms with E-state index in [2.05, 4.69) is 29.5 Å². The maximum absolute atomic E-state index is 11.0. The van der Waals surface area contributed by atoms with Crippen LogP contribution in [-0.4, -0.2) is 20.9 Å². The van der Waals surface area contributed by atoms with Crippen LogP contribution < -0.4 is 5.32 Å². The average molecular weight is 279 g/mol. The van der Waals surface area contributed by atoms with Crippen LogP contribution in [0.2, 0.25) is 0 Å². The number of aromatic carboxylic acids is 1. The van der Waals surface area contributed by atoms with Crippen LogP contribution in [0, 0.1) is 0 Å². The number of aryl methyl sites for hydroxylation is 2. The predicted octanol–water partition coefficient (Wildman–Crippen LogP) is 2.03. The number of hydrogen-bond acceptors (Lipinski definition) is 4. The smallest absolute Gasteiger partial charge is 0.339 e. The van der Waals surface area contributed by atoms with Crippen LogP contribution in [-0.2, 0) is 26.6 Å². The SMILES string of the molecule is CCc1ccc(CNCc2c(C(=O)O)cnn2C)s1. The molecule has 0 atom stereocenters. The monoisotopic (exact) mass is 279 g/mol. The summed E-state index contributed by atoms with van der Waals surface area (Å²) in [5.41, 5.74) is 0.954. The molecule has 0 aliphatic rings. The van der Waals surface area contributed by atoms with Crippen LogP contribution in [0.15, 0.2) is 18.3 Å². The first-order valence-electron chi connectivity index (χ1n) is 6.14. The van der Waals surface area contributed by atoms with Gasteiger partial charge in [0.15, 0.2) is 0 Å². The average Bonchev–Trinajstić information content (AvgIpc) is 2.97. The highest BCUT2D eigenvalue weighted by atomic mass is 32.1. The molecule has 6 heteroatoms. The van der Waals surface area contributed by atoms with E-state index in [4.69, 9.17) is 5.11 Å². The second-order valence-electron chi connectivity index (χ2n) is 4.26. The first kappa shape index (κ1) is 13.8. The molecule has 0 saturated carbocycles. The van der Waals surface area contributed by atoms with Gasteiger partial charge in [-0.2, -0.15) is 5.10 Å². The number of thiophene rings is 1. The second kappa shape index (κ2) is 5.99. The number of carboxylic acids is 1. The van der Waals surface area contributed by atoms with E-state index < -0.39 is 5.97 Å². The van der Waals surface area contributed by atoms with Gasteiger partial charge in [-0.3, -0.25) is 4.68 Å². The van der Waals surface area contributed by atoms with Gasteiger partial charge in [-0.15, -0.1) is 11.3 Å². The second-order valence-corrected chi connectivity index (χ2v) is 5.51. The summed E-state index contributed by atoms with van der Waals surface area (Å²) in [6.45, 7) is 3.38. The molecule has 2 heterocycles. The molecule has 0 aromatic carbocycles. The minimum atomic E-state index is -0.936. The van der Waals surface area contributed by atoms with Crippen molar-refractivity contribution in [1.29, 1.82) is 0 Å². The predicted molar refractivity (Wildman–Crippen MR) is 74.4 cm³/mol. The fraction of sp³-hybridized carbons (Fsp3) is 0.385. The van der Waals surface area contributed by atoms with E-state index in [1.54, 1.807) is 23.1 Å². The summed E-state index contributed by atoms with van der Waals surface area (Å²) in [5.74, 6) is -0.936. The zero-order chi connectivity index (χ0) is 13.8. The van der Waals surface area contributed by atoms with Gasteiger partial charge in [0, 0.05) is 29.9 Å². The summed E-state index contributed by atoms with van der Waals surface area (Å²) < 4.78 is 1.60. The molecule has 0 saturated heterocycles. The molecule has 0 amide bonds. The molecular formula is C13H17N3O2S. The minimum absolute atomic E-state index is 0.260. The van der Waals surface area contributed by atoms with Gasteiger partial charge >= 0.3 is 5.97 Å². The van der Waals surface area contributed by atoms with Crippen LogP contribution in [0.3, 0.4) is 0 Å². The molecule has 0 aliphatic heterocycles. The molecule has 2 aromatic rings. The van der Waals surface area contributed by atoms with Crippen molar-refractivity contribution in [2.24, 2.45) is 7.05 Å². The van der Waals surface area contributed by atoms with E-state index in [0.717, 1.165) is 13.0 Å². The Balaban J connectivity index is 1.95. The summed E-state index contributed by atoms with van der Waals surface area (Å²) in [5, 5.41) is 16.3. The number of aromatic nitrogens is 2. The summed E-state index contributed by atoms with van der Waals surface area (Å²) >= 11 is 1.78. The van der Waals surface area contributed by atoms with Crippen molar-refractivity contribution in [1.82, 2.24) is 15.1 Å². The molecule has 0 unspecified atom stereocenters. The van der Waals surface area contributed by atoms with Gasteiger partial charge in [0.2, 0.25) is 0 Å². The van der Waals surface area contributed by atoms with Crippen molar-refractivity contribution in [3.8, 4) is 0 Å². The normalized spacial score (nSPS) is 10.8. The molecule has 5 nitrogen and oxygen atoms in total. The third kappa shape index (κ3) is 3.21. The van der Waals surface area contributed by atoms with Crippen LogP contribution in [0.4, 0.5) is 0 Å². The Morgan fingerprint density at radius 3 is 2.79 bits per heavy atom. The maximum atomic E-state index is 11.0. The van der Waals surface area contributed by atoms with Gasteiger partial charge in [0.05, 0.1) is 11.9 Å². The lowest BCUT2D eigenvalue weighted by Crippen LogP contribution is -2.17. The van der Waals surface area contributed by atoms with Crippen LogP contribution in [0.1, 0.15) is 32.7 Å². The lowest BCUT2D eigenvalue weighted by atomic mass is 10.2. The molecule has 0 bridgehead atoms. The number of rotatable bonds is 6. The molecule has 0 radical (unpaired) electrons. The first-order valence-corrected chi connectivity index (χ1v) is 6.96. The number of carboxylic acid groups (broad SMARTS) is 1. The molecular weight excluding hydrogens is 262 g/mol. The third-order valence-corrected chi connectivity index (χ3v) is 4.18. The van der Waals surface area contributed by atoms with Gasteiger partial charge in [-0.1, -0.05) is 6.92 Å².